The Balaban J connectivity index is 1.64. The normalized spacial score (nSPS) is 10.7. The summed E-state index contributed by atoms with van der Waals surface area (Å²) >= 11 is 0. The van der Waals surface area contributed by atoms with Crippen molar-refractivity contribution in [3.63, 3.8) is 0 Å². The minimum atomic E-state index is -0.0343. The topological polar surface area (TPSA) is 29.5 Å². The van der Waals surface area contributed by atoms with Crippen LogP contribution in [0.5, 0.6) is 11.5 Å². The highest BCUT2D eigenvalue weighted by atomic mass is 16.5. The highest BCUT2D eigenvalue weighted by molar-refractivity contribution is 6.06. The zero-order chi connectivity index (χ0) is 18.4. The van der Waals surface area contributed by atoms with Crippen molar-refractivity contribution in [3.05, 3.63) is 96.1 Å². The van der Waals surface area contributed by atoms with Crippen LogP contribution >= 0.6 is 0 Å². The van der Waals surface area contributed by atoms with Gasteiger partial charge in [0.2, 0.25) is 0 Å². The van der Waals surface area contributed by atoms with Crippen LogP contribution < -0.4 is 9.64 Å². The molecule has 0 aliphatic heterocycles. The van der Waals surface area contributed by atoms with E-state index in [-0.39, 0.29) is 5.78 Å². The Hall–Kier alpha value is -3.33. The van der Waals surface area contributed by atoms with E-state index in [1.165, 1.54) is 0 Å². The van der Waals surface area contributed by atoms with E-state index < -0.39 is 0 Å². The van der Waals surface area contributed by atoms with Crippen molar-refractivity contribution < 1.29 is 9.53 Å². The SMILES string of the molecule is CN(C)c1ccc(C=CC(=O)c2ccc(Oc3ccccc3)cc2)cc1. The Morgan fingerprint density at radius 2 is 1.42 bits per heavy atom. The lowest BCUT2D eigenvalue weighted by molar-refractivity contribution is 0.104. The third-order valence-corrected chi connectivity index (χ3v) is 3.95. The number of anilines is 1. The fourth-order valence-electron chi connectivity index (χ4n) is 2.46. The van der Waals surface area contributed by atoms with Crippen LogP contribution in [0.2, 0.25) is 0 Å². The molecule has 0 heterocycles. The molecule has 3 rings (SSSR count). The van der Waals surface area contributed by atoms with Crippen LogP contribution in [0.3, 0.4) is 0 Å². The number of carbonyl (C=O) groups is 1. The number of hydrogen-bond acceptors (Lipinski definition) is 3. The number of rotatable bonds is 6. The Kier molecular flexibility index (Phi) is 5.49. The molecule has 0 aliphatic carbocycles. The zero-order valence-corrected chi connectivity index (χ0v) is 14.9. The van der Waals surface area contributed by atoms with Crippen LogP contribution in [0.4, 0.5) is 5.69 Å². The molecule has 130 valence electrons. The molecular formula is C23H21NO2. The highest BCUT2D eigenvalue weighted by Gasteiger charge is 2.03. The Bertz CT molecular complexity index is 880. The van der Waals surface area contributed by atoms with Crippen molar-refractivity contribution in [3.8, 4) is 11.5 Å². The molecule has 0 unspecified atom stereocenters. The van der Waals surface area contributed by atoms with Gasteiger partial charge in [-0.25, -0.2) is 0 Å². The summed E-state index contributed by atoms with van der Waals surface area (Å²) in [6.07, 6.45) is 3.42. The van der Waals surface area contributed by atoms with E-state index in [0.717, 1.165) is 17.0 Å². The standard InChI is InChI=1S/C23H21NO2/c1-24(2)20-13-8-18(9-14-20)10-17-23(25)19-11-15-22(16-12-19)26-21-6-4-3-5-7-21/h3-17H,1-2H3. The maximum absolute atomic E-state index is 12.3. The van der Waals surface area contributed by atoms with Gasteiger partial charge in [-0.2, -0.15) is 0 Å². The third kappa shape index (κ3) is 4.61. The summed E-state index contributed by atoms with van der Waals surface area (Å²) in [6, 6.07) is 24.8. The van der Waals surface area contributed by atoms with E-state index in [0.29, 0.717) is 11.3 Å². The molecule has 3 aromatic carbocycles. The number of hydrogen-bond donors (Lipinski definition) is 0. The second kappa shape index (κ2) is 8.17. The van der Waals surface area contributed by atoms with Crippen molar-refractivity contribution in [1.29, 1.82) is 0 Å². The number of nitrogens with zero attached hydrogens (tertiary/aromatic N) is 1. The number of carbonyl (C=O) groups excluding carboxylic acids is 1. The fraction of sp³-hybridized carbons (Fsp3) is 0.0870. The second-order valence-electron chi connectivity index (χ2n) is 6.12. The first-order valence-electron chi connectivity index (χ1n) is 8.44. The molecule has 0 saturated carbocycles. The number of ether oxygens (including phenoxy) is 1. The van der Waals surface area contributed by atoms with E-state index >= 15 is 0 Å². The maximum Gasteiger partial charge on any atom is 0.185 e. The average Bonchev–Trinajstić information content (AvgIpc) is 2.68. The molecule has 0 radical (unpaired) electrons. The lowest BCUT2D eigenvalue weighted by Crippen LogP contribution is -2.07. The van der Waals surface area contributed by atoms with Crippen LogP contribution in [0.25, 0.3) is 6.08 Å². The first-order valence-corrected chi connectivity index (χ1v) is 8.44. The largest absolute Gasteiger partial charge is 0.457 e. The second-order valence-corrected chi connectivity index (χ2v) is 6.12. The van der Waals surface area contributed by atoms with E-state index in [9.17, 15) is 4.79 Å². The molecule has 26 heavy (non-hydrogen) atoms. The summed E-state index contributed by atoms with van der Waals surface area (Å²) < 4.78 is 5.74. The summed E-state index contributed by atoms with van der Waals surface area (Å²) in [7, 11) is 4.00. The lowest BCUT2D eigenvalue weighted by Gasteiger charge is -2.11. The first kappa shape index (κ1) is 17.5. The summed E-state index contributed by atoms with van der Waals surface area (Å²) in [5, 5.41) is 0. The monoisotopic (exact) mass is 343 g/mol. The maximum atomic E-state index is 12.3. The summed E-state index contributed by atoms with van der Waals surface area (Å²) in [5.41, 5.74) is 2.75. The molecule has 0 aliphatic rings. The van der Waals surface area contributed by atoms with Crippen LogP contribution in [0.1, 0.15) is 15.9 Å². The number of benzene rings is 3. The van der Waals surface area contributed by atoms with Gasteiger partial charge in [-0.1, -0.05) is 36.4 Å². The van der Waals surface area contributed by atoms with Crippen molar-refractivity contribution in [1.82, 2.24) is 0 Å². The number of para-hydroxylation sites is 1. The molecular weight excluding hydrogens is 322 g/mol. The minimum absolute atomic E-state index is 0.0343. The molecule has 0 saturated heterocycles. The third-order valence-electron chi connectivity index (χ3n) is 3.95. The van der Waals surface area contributed by atoms with Gasteiger partial charge < -0.3 is 9.64 Å². The van der Waals surface area contributed by atoms with Gasteiger partial charge in [0.15, 0.2) is 5.78 Å². The van der Waals surface area contributed by atoms with E-state index in [2.05, 4.69) is 0 Å². The van der Waals surface area contributed by atoms with Crippen LogP contribution in [0, 0.1) is 0 Å². The average molecular weight is 343 g/mol. The van der Waals surface area contributed by atoms with Crippen molar-refractivity contribution >= 4 is 17.5 Å². The van der Waals surface area contributed by atoms with Gasteiger partial charge in [-0.05, 0) is 60.2 Å². The summed E-state index contributed by atoms with van der Waals surface area (Å²) in [5.74, 6) is 1.44. The Labute approximate surface area is 154 Å². The first-order chi connectivity index (χ1) is 12.6. The summed E-state index contributed by atoms with van der Waals surface area (Å²) in [4.78, 5) is 14.4. The molecule has 0 N–H and O–H groups in total. The van der Waals surface area contributed by atoms with Crippen LogP contribution in [-0.4, -0.2) is 19.9 Å². The van der Waals surface area contributed by atoms with E-state index in [4.69, 9.17) is 4.74 Å². The summed E-state index contributed by atoms with van der Waals surface area (Å²) in [6.45, 7) is 0. The predicted octanol–water partition coefficient (Wildman–Crippen LogP) is 5.44. The lowest BCUT2D eigenvalue weighted by atomic mass is 10.1. The molecule has 3 nitrogen and oxygen atoms in total. The van der Waals surface area contributed by atoms with Gasteiger partial charge in [0.05, 0.1) is 0 Å². The quantitative estimate of drug-likeness (QED) is 0.441. The van der Waals surface area contributed by atoms with Crippen molar-refractivity contribution in [2.24, 2.45) is 0 Å². The van der Waals surface area contributed by atoms with Gasteiger partial charge in [-0.15, -0.1) is 0 Å². The molecule has 3 aromatic rings. The molecule has 0 aromatic heterocycles. The van der Waals surface area contributed by atoms with Crippen LogP contribution in [0.15, 0.2) is 84.9 Å². The van der Waals surface area contributed by atoms with Gasteiger partial charge in [0, 0.05) is 25.3 Å². The number of ketones is 1. The van der Waals surface area contributed by atoms with Gasteiger partial charge in [-0.3, -0.25) is 4.79 Å². The van der Waals surface area contributed by atoms with Crippen molar-refractivity contribution in [2.45, 2.75) is 0 Å². The highest BCUT2D eigenvalue weighted by Crippen LogP contribution is 2.21. The van der Waals surface area contributed by atoms with Gasteiger partial charge in [0.1, 0.15) is 11.5 Å². The predicted molar refractivity (Wildman–Crippen MR) is 107 cm³/mol. The Morgan fingerprint density at radius 3 is 2.04 bits per heavy atom. The van der Waals surface area contributed by atoms with E-state index in [1.807, 2.05) is 79.7 Å². The molecule has 0 fully saturated rings. The zero-order valence-electron chi connectivity index (χ0n) is 14.9. The van der Waals surface area contributed by atoms with Crippen molar-refractivity contribution in [2.75, 3.05) is 19.0 Å². The molecule has 0 bridgehead atoms. The number of allylic oxidation sites excluding steroid dienone is 1. The molecule has 0 atom stereocenters. The molecule has 0 spiro atoms. The Morgan fingerprint density at radius 1 is 0.808 bits per heavy atom. The minimum Gasteiger partial charge on any atom is -0.457 e. The van der Waals surface area contributed by atoms with Crippen LogP contribution in [-0.2, 0) is 0 Å². The molecule has 0 amide bonds. The van der Waals surface area contributed by atoms with E-state index in [1.54, 1.807) is 30.3 Å². The smallest absolute Gasteiger partial charge is 0.185 e. The van der Waals surface area contributed by atoms with Gasteiger partial charge in [0.25, 0.3) is 0 Å². The van der Waals surface area contributed by atoms with Gasteiger partial charge >= 0.3 is 0 Å². The molecule has 3 heteroatoms. The fourth-order valence-corrected chi connectivity index (χ4v) is 2.46.